The largest absolute Gasteiger partial charge is 0.272 e. The summed E-state index contributed by atoms with van der Waals surface area (Å²) in [5.74, 6) is 0.109. The second-order valence-corrected chi connectivity index (χ2v) is 4.77. The summed E-state index contributed by atoms with van der Waals surface area (Å²) in [6.07, 6.45) is 0. The lowest BCUT2D eigenvalue weighted by Gasteiger charge is -2.16. The molecule has 1 heterocycles. The lowest BCUT2D eigenvalue weighted by Crippen LogP contribution is -2.30. The number of nitriles is 1. The molecule has 18 heavy (non-hydrogen) atoms. The Kier molecular flexibility index (Phi) is 3.15. The summed E-state index contributed by atoms with van der Waals surface area (Å²) < 4.78 is 0. The average Bonchev–Trinajstić information content (AvgIpc) is 2.65. The molecule has 1 atom stereocenters. The minimum Gasteiger partial charge on any atom is -0.272 e. The van der Waals surface area contributed by atoms with Crippen LogP contribution in [0.5, 0.6) is 0 Å². The summed E-state index contributed by atoms with van der Waals surface area (Å²) in [7, 11) is 0. The Bertz CT molecular complexity index is 537. The molecular formula is C14H15N3O. The van der Waals surface area contributed by atoms with Gasteiger partial charge in [-0.2, -0.15) is 10.4 Å². The van der Waals surface area contributed by atoms with Crippen LogP contribution in [0, 0.1) is 23.2 Å². The van der Waals surface area contributed by atoms with Crippen molar-refractivity contribution in [3.63, 3.8) is 0 Å². The number of carbonyl (C=O) groups is 1. The fraction of sp³-hybridized carbons (Fsp3) is 0.357. The molecule has 0 aliphatic carbocycles. The summed E-state index contributed by atoms with van der Waals surface area (Å²) in [6, 6.07) is 8.93. The second kappa shape index (κ2) is 4.61. The third-order valence-electron chi connectivity index (χ3n) is 3.09. The van der Waals surface area contributed by atoms with E-state index in [1.165, 1.54) is 5.01 Å². The molecule has 0 aromatic heterocycles. The van der Waals surface area contributed by atoms with E-state index < -0.39 is 0 Å². The molecule has 1 aromatic rings. The number of hydrogen-bond acceptors (Lipinski definition) is 3. The van der Waals surface area contributed by atoms with Gasteiger partial charge in [0.05, 0.1) is 23.2 Å². The first-order valence-corrected chi connectivity index (χ1v) is 5.94. The molecule has 1 aromatic carbocycles. The van der Waals surface area contributed by atoms with Crippen LogP contribution in [0.4, 0.5) is 5.69 Å². The van der Waals surface area contributed by atoms with Crippen molar-refractivity contribution in [1.82, 2.24) is 0 Å². The molecule has 0 saturated carbocycles. The summed E-state index contributed by atoms with van der Waals surface area (Å²) in [5.41, 5.74) is 2.13. The van der Waals surface area contributed by atoms with Crippen molar-refractivity contribution in [3.05, 3.63) is 29.8 Å². The molecule has 4 nitrogen and oxygen atoms in total. The summed E-state index contributed by atoms with van der Waals surface area (Å²) >= 11 is 0. The van der Waals surface area contributed by atoms with Crippen LogP contribution in [0.2, 0.25) is 0 Å². The van der Waals surface area contributed by atoms with Gasteiger partial charge < -0.3 is 0 Å². The number of hydrazone groups is 1. The van der Waals surface area contributed by atoms with E-state index in [0.29, 0.717) is 11.3 Å². The minimum absolute atomic E-state index is 0.00667. The van der Waals surface area contributed by atoms with E-state index >= 15 is 0 Å². The van der Waals surface area contributed by atoms with Gasteiger partial charge >= 0.3 is 0 Å². The monoisotopic (exact) mass is 241 g/mol. The molecule has 0 fully saturated rings. The van der Waals surface area contributed by atoms with E-state index in [1.54, 1.807) is 24.3 Å². The minimum atomic E-state index is -0.138. The summed E-state index contributed by atoms with van der Waals surface area (Å²) in [4.78, 5) is 12.3. The predicted octanol–water partition coefficient (Wildman–Crippen LogP) is 2.55. The Morgan fingerprint density at radius 1 is 1.33 bits per heavy atom. The smallest absolute Gasteiger partial charge is 0.256 e. The van der Waals surface area contributed by atoms with Crippen LogP contribution in [-0.4, -0.2) is 11.6 Å². The van der Waals surface area contributed by atoms with Crippen molar-refractivity contribution in [2.45, 2.75) is 20.8 Å². The number of amides is 1. The Morgan fingerprint density at radius 3 is 2.39 bits per heavy atom. The van der Waals surface area contributed by atoms with Gasteiger partial charge in [-0.1, -0.05) is 13.8 Å². The average molecular weight is 241 g/mol. The first-order chi connectivity index (χ1) is 8.54. The van der Waals surface area contributed by atoms with Gasteiger partial charge in [0.15, 0.2) is 0 Å². The molecule has 1 unspecified atom stereocenters. The molecule has 0 saturated heterocycles. The molecule has 92 valence electrons. The molecule has 4 heteroatoms. The van der Waals surface area contributed by atoms with Crippen LogP contribution >= 0.6 is 0 Å². The van der Waals surface area contributed by atoms with Crippen molar-refractivity contribution in [3.8, 4) is 6.07 Å². The molecule has 2 rings (SSSR count). The molecule has 0 bridgehead atoms. The number of nitrogens with zero attached hydrogens (tertiary/aromatic N) is 3. The first-order valence-electron chi connectivity index (χ1n) is 5.94. The molecular weight excluding hydrogens is 226 g/mol. The van der Waals surface area contributed by atoms with E-state index in [9.17, 15) is 4.79 Å². The van der Waals surface area contributed by atoms with Crippen molar-refractivity contribution < 1.29 is 4.79 Å². The number of benzene rings is 1. The Morgan fingerprint density at radius 2 is 1.94 bits per heavy atom. The van der Waals surface area contributed by atoms with Crippen LogP contribution in [0.25, 0.3) is 0 Å². The van der Waals surface area contributed by atoms with Crippen LogP contribution < -0.4 is 5.01 Å². The molecule has 1 aliphatic heterocycles. The van der Waals surface area contributed by atoms with E-state index in [4.69, 9.17) is 5.26 Å². The number of hydrogen-bond donors (Lipinski definition) is 0. The first kappa shape index (κ1) is 12.3. The fourth-order valence-corrected chi connectivity index (χ4v) is 2.21. The molecule has 1 amide bonds. The Hall–Kier alpha value is -2.15. The zero-order valence-corrected chi connectivity index (χ0v) is 10.7. The molecule has 0 N–H and O–H groups in total. The van der Waals surface area contributed by atoms with Crippen molar-refractivity contribution in [2.75, 3.05) is 5.01 Å². The normalized spacial score (nSPS) is 19.1. The lowest BCUT2D eigenvalue weighted by atomic mass is 9.92. The SMILES string of the molecule is CC1=NN(c2ccc(C#N)cc2)C(=O)C1C(C)C. The maximum absolute atomic E-state index is 12.3. The van der Waals surface area contributed by atoms with Gasteiger partial charge in [-0.25, -0.2) is 5.01 Å². The Labute approximate surface area is 107 Å². The predicted molar refractivity (Wildman–Crippen MR) is 70.1 cm³/mol. The van der Waals surface area contributed by atoms with Crippen LogP contribution in [0.3, 0.4) is 0 Å². The van der Waals surface area contributed by atoms with E-state index in [2.05, 4.69) is 11.2 Å². The van der Waals surface area contributed by atoms with E-state index in [-0.39, 0.29) is 17.7 Å². The number of anilines is 1. The van der Waals surface area contributed by atoms with Gasteiger partial charge in [0.25, 0.3) is 5.91 Å². The van der Waals surface area contributed by atoms with Gasteiger partial charge in [0.1, 0.15) is 0 Å². The maximum atomic E-state index is 12.3. The van der Waals surface area contributed by atoms with Crippen LogP contribution in [0.1, 0.15) is 26.3 Å². The van der Waals surface area contributed by atoms with Crippen molar-refractivity contribution in [1.29, 1.82) is 5.26 Å². The van der Waals surface area contributed by atoms with Gasteiger partial charge in [-0.05, 0) is 37.1 Å². The number of carbonyl (C=O) groups excluding carboxylic acids is 1. The fourth-order valence-electron chi connectivity index (χ4n) is 2.21. The zero-order valence-electron chi connectivity index (χ0n) is 10.7. The Balaban J connectivity index is 2.30. The lowest BCUT2D eigenvalue weighted by molar-refractivity contribution is -0.120. The van der Waals surface area contributed by atoms with Gasteiger partial charge in [0, 0.05) is 5.71 Å². The van der Waals surface area contributed by atoms with Crippen molar-refractivity contribution in [2.24, 2.45) is 16.9 Å². The second-order valence-electron chi connectivity index (χ2n) is 4.77. The third kappa shape index (κ3) is 2.00. The number of rotatable bonds is 2. The highest BCUT2D eigenvalue weighted by molar-refractivity contribution is 6.14. The highest BCUT2D eigenvalue weighted by Gasteiger charge is 2.36. The topological polar surface area (TPSA) is 56.5 Å². The van der Waals surface area contributed by atoms with E-state index in [1.807, 2.05) is 20.8 Å². The van der Waals surface area contributed by atoms with Crippen LogP contribution in [-0.2, 0) is 4.79 Å². The van der Waals surface area contributed by atoms with Crippen molar-refractivity contribution >= 4 is 17.3 Å². The standard InChI is InChI=1S/C14H15N3O/c1-9(2)13-10(3)16-17(14(13)18)12-6-4-11(8-15)5-7-12/h4-7,9,13H,1-3H3. The molecule has 1 aliphatic rings. The van der Waals surface area contributed by atoms with Crippen LogP contribution in [0.15, 0.2) is 29.4 Å². The van der Waals surface area contributed by atoms with Gasteiger partial charge in [0.2, 0.25) is 0 Å². The highest BCUT2D eigenvalue weighted by Crippen LogP contribution is 2.28. The zero-order chi connectivity index (χ0) is 13.3. The summed E-state index contributed by atoms with van der Waals surface area (Å²) in [6.45, 7) is 5.92. The maximum Gasteiger partial charge on any atom is 0.256 e. The van der Waals surface area contributed by atoms with Gasteiger partial charge in [-0.15, -0.1) is 0 Å². The highest BCUT2D eigenvalue weighted by atomic mass is 16.2. The quantitative estimate of drug-likeness (QED) is 0.799. The molecule has 0 spiro atoms. The summed E-state index contributed by atoms with van der Waals surface area (Å²) in [5, 5.41) is 14.5. The third-order valence-corrected chi connectivity index (χ3v) is 3.09. The molecule has 0 radical (unpaired) electrons. The van der Waals surface area contributed by atoms with Gasteiger partial charge in [-0.3, -0.25) is 4.79 Å². The van der Waals surface area contributed by atoms with E-state index in [0.717, 1.165) is 5.71 Å².